The number of halogens is 2. The molecule has 0 spiro atoms. The third-order valence-corrected chi connectivity index (χ3v) is 2.22. The van der Waals surface area contributed by atoms with Crippen molar-refractivity contribution in [2.75, 3.05) is 0 Å². The van der Waals surface area contributed by atoms with Crippen molar-refractivity contribution in [2.24, 2.45) is 5.73 Å². The Morgan fingerprint density at radius 3 is 2.67 bits per heavy atom. The highest BCUT2D eigenvalue weighted by atomic mass is 35.5. The summed E-state index contributed by atoms with van der Waals surface area (Å²) in [5.74, 6) is 0. The molecule has 1 nitrogen and oxygen atoms in total. The van der Waals surface area contributed by atoms with Crippen LogP contribution in [0, 0.1) is 0 Å². The standard InChI is InChI=1S/C9H10FN.ClH/c10-8-5-6-3-1-2-4-7(6)9(8)11;/h1-4,8-9H,5,11H2;1H. The normalized spacial score (nSPS) is 26.2. The third-order valence-electron chi connectivity index (χ3n) is 2.22. The molecule has 0 aliphatic heterocycles. The predicted molar refractivity (Wildman–Crippen MR) is 49.2 cm³/mol. The van der Waals surface area contributed by atoms with E-state index < -0.39 is 12.2 Å². The first-order valence-corrected chi connectivity index (χ1v) is 3.76. The van der Waals surface area contributed by atoms with Gasteiger partial charge in [0.2, 0.25) is 0 Å². The number of fused-ring (bicyclic) bond motifs is 1. The molecule has 2 rings (SSSR count). The van der Waals surface area contributed by atoms with Crippen LogP contribution < -0.4 is 5.73 Å². The Kier molecular flexibility index (Phi) is 2.70. The lowest BCUT2D eigenvalue weighted by Gasteiger charge is -2.05. The maximum atomic E-state index is 13.0. The molecule has 12 heavy (non-hydrogen) atoms. The van der Waals surface area contributed by atoms with Crippen LogP contribution in [0.15, 0.2) is 24.3 Å². The molecule has 1 aromatic carbocycles. The van der Waals surface area contributed by atoms with Crippen LogP contribution in [0.1, 0.15) is 17.2 Å². The van der Waals surface area contributed by atoms with Crippen molar-refractivity contribution >= 4 is 12.4 Å². The summed E-state index contributed by atoms with van der Waals surface area (Å²) in [6, 6.07) is 7.26. The maximum absolute atomic E-state index is 13.0. The quantitative estimate of drug-likeness (QED) is 0.661. The Balaban J connectivity index is 0.000000720. The Morgan fingerprint density at radius 1 is 1.33 bits per heavy atom. The topological polar surface area (TPSA) is 26.0 Å². The van der Waals surface area contributed by atoms with Crippen molar-refractivity contribution in [1.82, 2.24) is 0 Å². The highest BCUT2D eigenvalue weighted by Crippen LogP contribution is 2.30. The summed E-state index contributed by atoms with van der Waals surface area (Å²) in [4.78, 5) is 0. The zero-order valence-electron chi connectivity index (χ0n) is 6.53. The number of alkyl halides is 1. The smallest absolute Gasteiger partial charge is 0.123 e. The Hall–Kier alpha value is -0.600. The molecule has 1 aliphatic rings. The van der Waals surface area contributed by atoms with Gasteiger partial charge in [-0.25, -0.2) is 4.39 Å². The minimum absolute atomic E-state index is 0. The molecule has 0 amide bonds. The van der Waals surface area contributed by atoms with Crippen molar-refractivity contribution < 1.29 is 4.39 Å². The Labute approximate surface area is 77.2 Å². The molecule has 0 bridgehead atoms. The van der Waals surface area contributed by atoms with Crippen molar-refractivity contribution in [1.29, 1.82) is 0 Å². The molecule has 0 radical (unpaired) electrons. The summed E-state index contributed by atoms with van der Waals surface area (Å²) in [7, 11) is 0. The van der Waals surface area contributed by atoms with Gasteiger partial charge in [-0.3, -0.25) is 0 Å². The van der Waals surface area contributed by atoms with Crippen molar-refractivity contribution in [3.8, 4) is 0 Å². The first-order chi connectivity index (χ1) is 5.29. The second-order valence-electron chi connectivity index (χ2n) is 2.94. The maximum Gasteiger partial charge on any atom is 0.123 e. The lowest BCUT2D eigenvalue weighted by Crippen LogP contribution is -2.17. The van der Waals surface area contributed by atoms with E-state index in [0.29, 0.717) is 6.42 Å². The molecule has 0 saturated heterocycles. The second kappa shape index (κ2) is 3.42. The first-order valence-electron chi connectivity index (χ1n) is 3.76. The summed E-state index contributed by atoms with van der Waals surface area (Å²) >= 11 is 0. The van der Waals surface area contributed by atoms with Gasteiger partial charge in [0.15, 0.2) is 0 Å². The van der Waals surface area contributed by atoms with E-state index >= 15 is 0 Å². The monoisotopic (exact) mass is 187 g/mol. The van der Waals surface area contributed by atoms with Gasteiger partial charge in [0, 0.05) is 6.42 Å². The molecular weight excluding hydrogens is 177 g/mol. The molecular formula is C9H11ClFN. The first kappa shape index (κ1) is 9.49. The average molecular weight is 188 g/mol. The van der Waals surface area contributed by atoms with Crippen LogP contribution in [0.5, 0.6) is 0 Å². The summed E-state index contributed by atoms with van der Waals surface area (Å²) in [5, 5.41) is 0. The van der Waals surface area contributed by atoms with E-state index in [1.54, 1.807) is 0 Å². The average Bonchev–Trinajstić information content (AvgIpc) is 2.30. The van der Waals surface area contributed by atoms with Gasteiger partial charge < -0.3 is 5.73 Å². The molecule has 3 heteroatoms. The Bertz CT molecular complexity index is 277. The zero-order chi connectivity index (χ0) is 7.84. The SMILES string of the molecule is Cl.NC1c2ccccc2CC1F. The van der Waals surface area contributed by atoms with Crippen LogP contribution in [-0.4, -0.2) is 6.17 Å². The highest BCUT2D eigenvalue weighted by Gasteiger charge is 2.28. The van der Waals surface area contributed by atoms with Crippen LogP contribution in [-0.2, 0) is 6.42 Å². The van der Waals surface area contributed by atoms with E-state index in [-0.39, 0.29) is 12.4 Å². The largest absolute Gasteiger partial charge is 0.322 e. The molecule has 0 aromatic heterocycles. The van der Waals surface area contributed by atoms with Crippen molar-refractivity contribution in [3.05, 3.63) is 35.4 Å². The number of rotatable bonds is 0. The van der Waals surface area contributed by atoms with Gasteiger partial charge in [-0.15, -0.1) is 12.4 Å². The molecule has 0 fully saturated rings. The van der Waals surface area contributed by atoms with Crippen LogP contribution in [0.4, 0.5) is 4.39 Å². The molecule has 0 saturated carbocycles. The molecule has 66 valence electrons. The lowest BCUT2D eigenvalue weighted by molar-refractivity contribution is 0.303. The van der Waals surface area contributed by atoms with E-state index in [2.05, 4.69) is 0 Å². The van der Waals surface area contributed by atoms with Crippen LogP contribution in [0.25, 0.3) is 0 Å². The van der Waals surface area contributed by atoms with Gasteiger partial charge in [-0.05, 0) is 11.1 Å². The molecule has 2 N–H and O–H groups in total. The summed E-state index contributed by atoms with van der Waals surface area (Å²) < 4.78 is 13.0. The van der Waals surface area contributed by atoms with Crippen LogP contribution >= 0.6 is 12.4 Å². The van der Waals surface area contributed by atoms with Crippen molar-refractivity contribution in [3.63, 3.8) is 0 Å². The molecule has 1 aromatic rings. The number of nitrogens with two attached hydrogens (primary N) is 1. The molecule has 1 aliphatic carbocycles. The second-order valence-corrected chi connectivity index (χ2v) is 2.94. The summed E-state index contributed by atoms with van der Waals surface area (Å²) in [6.45, 7) is 0. The molecule has 0 heterocycles. The fourth-order valence-electron chi connectivity index (χ4n) is 1.58. The van der Waals surface area contributed by atoms with E-state index in [4.69, 9.17) is 5.73 Å². The highest BCUT2D eigenvalue weighted by molar-refractivity contribution is 5.85. The van der Waals surface area contributed by atoms with Gasteiger partial charge in [0.05, 0.1) is 6.04 Å². The third kappa shape index (κ3) is 1.32. The van der Waals surface area contributed by atoms with Crippen LogP contribution in [0.2, 0.25) is 0 Å². The lowest BCUT2D eigenvalue weighted by atomic mass is 10.1. The van der Waals surface area contributed by atoms with Gasteiger partial charge >= 0.3 is 0 Å². The predicted octanol–water partition coefficient (Wildman–Crippen LogP) is 2.00. The van der Waals surface area contributed by atoms with Crippen LogP contribution in [0.3, 0.4) is 0 Å². The van der Waals surface area contributed by atoms with Crippen molar-refractivity contribution in [2.45, 2.75) is 18.6 Å². The van der Waals surface area contributed by atoms with E-state index in [1.165, 1.54) is 0 Å². The van der Waals surface area contributed by atoms with E-state index in [0.717, 1.165) is 11.1 Å². The molecule has 2 unspecified atom stereocenters. The van der Waals surface area contributed by atoms with Gasteiger partial charge in [-0.1, -0.05) is 24.3 Å². The Morgan fingerprint density at radius 2 is 2.00 bits per heavy atom. The number of hydrogen-bond donors (Lipinski definition) is 1. The number of hydrogen-bond acceptors (Lipinski definition) is 1. The molecule has 2 atom stereocenters. The summed E-state index contributed by atoms with van der Waals surface area (Å²) in [6.07, 6.45) is -0.399. The minimum atomic E-state index is -0.882. The fourth-order valence-corrected chi connectivity index (χ4v) is 1.58. The fraction of sp³-hybridized carbons (Fsp3) is 0.333. The van der Waals surface area contributed by atoms with E-state index in [1.807, 2.05) is 24.3 Å². The number of benzene rings is 1. The van der Waals surface area contributed by atoms with Gasteiger partial charge in [0.25, 0.3) is 0 Å². The summed E-state index contributed by atoms with van der Waals surface area (Å²) in [5.41, 5.74) is 7.65. The van der Waals surface area contributed by atoms with E-state index in [9.17, 15) is 4.39 Å². The minimum Gasteiger partial charge on any atom is -0.322 e. The van der Waals surface area contributed by atoms with Gasteiger partial charge in [-0.2, -0.15) is 0 Å². The zero-order valence-corrected chi connectivity index (χ0v) is 7.35. The van der Waals surface area contributed by atoms with Gasteiger partial charge in [0.1, 0.15) is 6.17 Å².